The standard InChI is InChI=1S/C23H27N3O2/c1-3-28-21-9-8-19-6-4-5-7-20(19)22(21)23(27)25-13-10-18(11-14-25)16-26-15-12-24-17(26)2/h4-9,12,15,18H,3,10-11,13-14,16H2,1-2H3. The number of amides is 1. The lowest BCUT2D eigenvalue weighted by Gasteiger charge is -2.33. The van der Waals surface area contributed by atoms with Gasteiger partial charge in [-0.15, -0.1) is 0 Å². The van der Waals surface area contributed by atoms with E-state index in [0.29, 0.717) is 23.8 Å². The van der Waals surface area contributed by atoms with Gasteiger partial charge in [0.15, 0.2) is 0 Å². The highest BCUT2D eigenvalue weighted by Gasteiger charge is 2.27. The van der Waals surface area contributed by atoms with Crippen LogP contribution in [-0.4, -0.2) is 40.1 Å². The number of likely N-dealkylation sites (tertiary alicyclic amines) is 1. The molecule has 0 N–H and O–H groups in total. The third kappa shape index (κ3) is 3.61. The fraction of sp³-hybridized carbons (Fsp3) is 0.391. The van der Waals surface area contributed by atoms with Crippen molar-refractivity contribution in [2.24, 2.45) is 5.92 Å². The lowest BCUT2D eigenvalue weighted by Crippen LogP contribution is -2.39. The van der Waals surface area contributed by atoms with Gasteiger partial charge in [0.05, 0.1) is 12.2 Å². The van der Waals surface area contributed by atoms with Crippen LogP contribution in [0.1, 0.15) is 35.9 Å². The van der Waals surface area contributed by atoms with Gasteiger partial charge in [-0.1, -0.05) is 30.3 Å². The molecule has 5 nitrogen and oxygen atoms in total. The molecule has 2 heterocycles. The first-order valence-electron chi connectivity index (χ1n) is 10.1. The number of benzene rings is 2. The highest BCUT2D eigenvalue weighted by Crippen LogP contribution is 2.31. The Kier molecular flexibility index (Phi) is 5.33. The summed E-state index contributed by atoms with van der Waals surface area (Å²) < 4.78 is 8.01. The molecule has 3 aromatic rings. The Hall–Kier alpha value is -2.82. The van der Waals surface area contributed by atoms with Gasteiger partial charge in [0, 0.05) is 32.0 Å². The number of ether oxygens (including phenoxy) is 1. The second kappa shape index (κ2) is 8.05. The van der Waals surface area contributed by atoms with Crippen LogP contribution in [0.5, 0.6) is 5.75 Å². The van der Waals surface area contributed by atoms with Crippen LogP contribution in [0.4, 0.5) is 0 Å². The SMILES string of the molecule is CCOc1ccc2ccccc2c1C(=O)N1CCC(Cn2ccnc2C)CC1. The molecular weight excluding hydrogens is 350 g/mol. The van der Waals surface area contributed by atoms with E-state index in [-0.39, 0.29) is 5.91 Å². The van der Waals surface area contributed by atoms with E-state index in [1.54, 1.807) is 0 Å². The summed E-state index contributed by atoms with van der Waals surface area (Å²) in [4.78, 5) is 19.7. The summed E-state index contributed by atoms with van der Waals surface area (Å²) in [6, 6.07) is 12.0. The Morgan fingerprint density at radius 1 is 1.18 bits per heavy atom. The summed E-state index contributed by atoms with van der Waals surface area (Å²) in [5, 5.41) is 2.04. The maximum atomic E-state index is 13.4. The van der Waals surface area contributed by atoms with E-state index in [4.69, 9.17) is 4.74 Å². The summed E-state index contributed by atoms with van der Waals surface area (Å²) in [6.45, 7) is 7.08. The van der Waals surface area contributed by atoms with Crippen LogP contribution in [-0.2, 0) is 6.54 Å². The van der Waals surface area contributed by atoms with Crippen LogP contribution >= 0.6 is 0 Å². The van der Waals surface area contributed by atoms with Crippen LogP contribution in [0.15, 0.2) is 48.8 Å². The minimum absolute atomic E-state index is 0.0810. The molecule has 1 aromatic heterocycles. The molecule has 1 aliphatic heterocycles. The zero-order valence-electron chi connectivity index (χ0n) is 16.6. The normalized spacial score (nSPS) is 15.1. The number of hydrogen-bond donors (Lipinski definition) is 0. The van der Waals surface area contributed by atoms with Crippen LogP contribution < -0.4 is 4.74 Å². The third-order valence-corrected chi connectivity index (χ3v) is 5.68. The predicted octanol–water partition coefficient (Wildman–Crippen LogP) is 4.30. The molecule has 0 unspecified atom stereocenters. The highest BCUT2D eigenvalue weighted by molar-refractivity contribution is 6.09. The number of hydrogen-bond acceptors (Lipinski definition) is 3. The second-order valence-electron chi connectivity index (χ2n) is 7.46. The second-order valence-corrected chi connectivity index (χ2v) is 7.46. The number of aryl methyl sites for hydroxylation is 1. The van der Waals surface area contributed by atoms with Crippen molar-refractivity contribution in [3.05, 3.63) is 60.2 Å². The van der Waals surface area contributed by atoms with E-state index in [2.05, 4.69) is 9.55 Å². The Morgan fingerprint density at radius 3 is 2.68 bits per heavy atom. The van der Waals surface area contributed by atoms with Crippen LogP contribution in [0.25, 0.3) is 10.8 Å². The number of nitrogens with zero attached hydrogens (tertiary/aromatic N) is 3. The highest BCUT2D eigenvalue weighted by atomic mass is 16.5. The van der Waals surface area contributed by atoms with Crippen LogP contribution in [0.3, 0.4) is 0 Å². The third-order valence-electron chi connectivity index (χ3n) is 5.68. The van der Waals surface area contributed by atoms with Gasteiger partial charge in [-0.05, 0) is 49.4 Å². The van der Waals surface area contributed by atoms with Gasteiger partial charge in [-0.3, -0.25) is 4.79 Å². The number of carbonyl (C=O) groups is 1. The summed E-state index contributed by atoms with van der Waals surface area (Å²) in [5.74, 6) is 2.39. The number of fused-ring (bicyclic) bond motifs is 1. The molecule has 1 aliphatic rings. The van der Waals surface area contributed by atoms with Gasteiger partial charge >= 0.3 is 0 Å². The Labute approximate surface area is 165 Å². The first-order valence-corrected chi connectivity index (χ1v) is 10.1. The van der Waals surface area contributed by atoms with Crippen molar-refractivity contribution in [3.8, 4) is 5.75 Å². The van der Waals surface area contributed by atoms with Gasteiger partial charge in [0.2, 0.25) is 0 Å². The molecule has 146 valence electrons. The minimum Gasteiger partial charge on any atom is -0.493 e. The lowest BCUT2D eigenvalue weighted by atomic mass is 9.95. The first kappa shape index (κ1) is 18.5. The molecular formula is C23H27N3O2. The average molecular weight is 377 g/mol. The lowest BCUT2D eigenvalue weighted by molar-refractivity contribution is 0.0680. The van der Waals surface area contributed by atoms with E-state index in [1.807, 2.05) is 67.5 Å². The monoisotopic (exact) mass is 377 g/mol. The van der Waals surface area contributed by atoms with Crippen molar-refractivity contribution < 1.29 is 9.53 Å². The van der Waals surface area contributed by atoms with Gasteiger partial charge in [0.25, 0.3) is 5.91 Å². The van der Waals surface area contributed by atoms with Crippen molar-refractivity contribution in [1.29, 1.82) is 0 Å². The topological polar surface area (TPSA) is 47.4 Å². The van der Waals surface area contributed by atoms with Gasteiger partial charge in [0.1, 0.15) is 11.6 Å². The quantitative estimate of drug-likeness (QED) is 0.666. The number of carbonyl (C=O) groups excluding carboxylic acids is 1. The van der Waals surface area contributed by atoms with Crippen molar-refractivity contribution in [1.82, 2.24) is 14.5 Å². The summed E-state index contributed by atoms with van der Waals surface area (Å²) in [5.41, 5.74) is 0.698. The van der Waals surface area contributed by atoms with E-state index in [9.17, 15) is 4.79 Å². The zero-order chi connectivity index (χ0) is 19.5. The number of rotatable bonds is 5. The maximum Gasteiger partial charge on any atom is 0.258 e. The molecule has 28 heavy (non-hydrogen) atoms. The predicted molar refractivity (Wildman–Crippen MR) is 111 cm³/mol. The van der Waals surface area contributed by atoms with Crippen molar-refractivity contribution in [2.45, 2.75) is 33.2 Å². The summed E-state index contributed by atoms with van der Waals surface area (Å²) in [6.07, 6.45) is 5.91. The zero-order valence-corrected chi connectivity index (χ0v) is 16.6. The molecule has 0 atom stereocenters. The van der Waals surface area contributed by atoms with Crippen molar-refractivity contribution in [3.63, 3.8) is 0 Å². The van der Waals surface area contributed by atoms with Crippen LogP contribution in [0.2, 0.25) is 0 Å². The minimum atomic E-state index is 0.0810. The molecule has 0 spiro atoms. The molecule has 5 heteroatoms. The van der Waals surface area contributed by atoms with Gasteiger partial charge in [-0.25, -0.2) is 4.98 Å². The van der Waals surface area contributed by atoms with E-state index in [1.165, 1.54) is 0 Å². The van der Waals surface area contributed by atoms with Crippen molar-refractivity contribution >= 4 is 16.7 Å². The Morgan fingerprint density at radius 2 is 1.96 bits per heavy atom. The maximum absolute atomic E-state index is 13.4. The Balaban J connectivity index is 1.52. The molecule has 1 amide bonds. The smallest absolute Gasteiger partial charge is 0.258 e. The molecule has 1 saturated heterocycles. The van der Waals surface area contributed by atoms with Gasteiger partial charge < -0.3 is 14.2 Å². The van der Waals surface area contributed by atoms with E-state index in [0.717, 1.165) is 49.1 Å². The van der Waals surface area contributed by atoms with E-state index >= 15 is 0 Å². The summed E-state index contributed by atoms with van der Waals surface area (Å²) >= 11 is 0. The van der Waals surface area contributed by atoms with E-state index < -0.39 is 0 Å². The average Bonchev–Trinajstić information content (AvgIpc) is 3.12. The van der Waals surface area contributed by atoms with Crippen molar-refractivity contribution in [2.75, 3.05) is 19.7 Å². The summed E-state index contributed by atoms with van der Waals surface area (Å²) in [7, 11) is 0. The molecule has 0 bridgehead atoms. The molecule has 0 aliphatic carbocycles. The molecule has 1 fully saturated rings. The van der Waals surface area contributed by atoms with Gasteiger partial charge in [-0.2, -0.15) is 0 Å². The first-order chi connectivity index (χ1) is 13.7. The molecule has 0 radical (unpaired) electrons. The number of piperidine rings is 1. The molecule has 0 saturated carbocycles. The largest absolute Gasteiger partial charge is 0.493 e. The van der Waals surface area contributed by atoms with Crippen LogP contribution in [0, 0.1) is 12.8 Å². The molecule has 2 aromatic carbocycles. The Bertz CT molecular complexity index is 971. The fourth-order valence-electron chi connectivity index (χ4n) is 4.10. The molecule has 4 rings (SSSR count). The fourth-order valence-corrected chi connectivity index (χ4v) is 4.10. The number of imidazole rings is 1. The number of aromatic nitrogens is 2.